The highest BCUT2D eigenvalue weighted by molar-refractivity contribution is 14.0. The summed E-state index contributed by atoms with van der Waals surface area (Å²) in [5, 5.41) is 6.77. The van der Waals surface area contributed by atoms with Gasteiger partial charge in [0.25, 0.3) is 0 Å². The standard InChI is InChI=1S/C26H37N5O.HI/c1-4-27-26(28-17-22-11-8-12-23(15-22)19-30(2)3)29-18-24-16-25(32)31(20-24)14-13-21-9-6-5-7-10-21;/h5-12,15,24H,4,13-14,16-20H2,1-3H3,(H2,27,28,29);1H. The van der Waals surface area contributed by atoms with E-state index >= 15 is 0 Å². The van der Waals surface area contributed by atoms with Crippen molar-refractivity contribution in [2.75, 3.05) is 40.3 Å². The monoisotopic (exact) mass is 563 g/mol. The Morgan fingerprint density at radius 1 is 1.06 bits per heavy atom. The number of carbonyl (C=O) groups excluding carboxylic acids is 1. The zero-order chi connectivity index (χ0) is 22.8. The lowest BCUT2D eigenvalue weighted by molar-refractivity contribution is -0.127. The molecule has 0 bridgehead atoms. The third kappa shape index (κ3) is 9.33. The van der Waals surface area contributed by atoms with E-state index in [2.05, 4.69) is 73.0 Å². The number of guanidine groups is 1. The quantitative estimate of drug-likeness (QED) is 0.264. The minimum Gasteiger partial charge on any atom is -0.357 e. The summed E-state index contributed by atoms with van der Waals surface area (Å²) in [4.78, 5) is 21.4. The molecule has 7 heteroatoms. The highest BCUT2D eigenvalue weighted by Crippen LogP contribution is 2.17. The van der Waals surface area contributed by atoms with E-state index in [0.29, 0.717) is 18.9 Å². The Kier molecular flexibility index (Phi) is 11.7. The van der Waals surface area contributed by atoms with Gasteiger partial charge in [-0.25, -0.2) is 4.99 Å². The lowest BCUT2D eigenvalue weighted by atomic mass is 10.1. The molecule has 1 unspecified atom stereocenters. The van der Waals surface area contributed by atoms with Crippen LogP contribution in [0.1, 0.15) is 30.0 Å². The summed E-state index contributed by atoms with van der Waals surface area (Å²) in [6, 6.07) is 18.9. The smallest absolute Gasteiger partial charge is 0.223 e. The molecule has 180 valence electrons. The fraction of sp³-hybridized carbons (Fsp3) is 0.462. The fourth-order valence-electron chi connectivity index (χ4n) is 4.06. The number of nitrogens with zero attached hydrogens (tertiary/aromatic N) is 3. The summed E-state index contributed by atoms with van der Waals surface area (Å²) in [5.74, 6) is 1.37. The van der Waals surface area contributed by atoms with Gasteiger partial charge >= 0.3 is 0 Å². The number of rotatable bonds is 10. The van der Waals surface area contributed by atoms with E-state index in [1.807, 2.05) is 23.1 Å². The molecule has 1 aliphatic heterocycles. The van der Waals surface area contributed by atoms with Crippen LogP contribution < -0.4 is 10.6 Å². The van der Waals surface area contributed by atoms with Gasteiger partial charge in [0.1, 0.15) is 0 Å². The van der Waals surface area contributed by atoms with Crippen molar-refractivity contribution >= 4 is 35.8 Å². The summed E-state index contributed by atoms with van der Waals surface area (Å²) < 4.78 is 0. The van der Waals surface area contributed by atoms with E-state index < -0.39 is 0 Å². The van der Waals surface area contributed by atoms with Crippen LogP contribution in [0.3, 0.4) is 0 Å². The van der Waals surface area contributed by atoms with Crippen LogP contribution in [0.5, 0.6) is 0 Å². The van der Waals surface area contributed by atoms with Gasteiger partial charge in [0.05, 0.1) is 6.54 Å². The SMILES string of the molecule is CCNC(=NCc1cccc(CN(C)C)c1)NCC1CC(=O)N(CCc2ccccc2)C1.I. The molecule has 2 aromatic rings. The molecular formula is C26H38IN5O. The number of aliphatic imine (C=N–C) groups is 1. The first-order valence-electron chi connectivity index (χ1n) is 11.6. The lowest BCUT2D eigenvalue weighted by Gasteiger charge is -2.18. The molecule has 2 N–H and O–H groups in total. The topological polar surface area (TPSA) is 60.0 Å². The molecule has 1 saturated heterocycles. The average Bonchev–Trinajstić information content (AvgIpc) is 3.14. The van der Waals surface area contributed by atoms with Crippen LogP contribution >= 0.6 is 24.0 Å². The van der Waals surface area contributed by atoms with Crippen molar-refractivity contribution in [2.24, 2.45) is 10.9 Å². The summed E-state index contributed by atoms with van der Waals surface area (Å²) in [6.45, 7) is 6.77. The van der Waals surface area contributed by atoms with Crippen molar-refractivity contribution in [2.45, 2.75) is 32.9 Å². The zero-order valence-corrected chi connectivity index (χ0v) is 22.4. The predicted molar refractivity (Wildman–Crippen MR) is 147 cm³/mol. The number of carbonyl (C=O) groups is 1. The summed E-state index contributed by atoms with van der Waals surface area (Å²) in [7, 11) is 4.16. The predicted octanol–water partition coefficient (Wildman–Crippen LogP) is 3.51. The van der Waals surface area contributed by atoms with Gasteiger partial charge in [0, 0.05) is 45.1 Å². The number of benzene rings is 2. The van der Waals surface area contributed by atoms with Crippen LogP contribution in [0.15, 0.2) is 59.6 Å². The third-order valence-electron chi connectivity index (χ3n) is 5.62. The Labute approximate surface area is 215 Å². The second-order valence-corrected chi connectivity index (χ2v) is 8.78. The molecule has 0 saturated carbocycles. The largest absolute Gasteiger partial charge is 0.357 e. The molecule has 1 fully saturated rings. The highest BCUT2D eigenvalue weighted by Gasteiger charge is 2.29. The van der Waals surface area contributed by atoms with E-state index in [1.54, 1.807) is 0 Å². The lowest BCUT2D eigenvalue weighted by Crippen LogP contribution is -2.40. The minimum absolute atomic E-state index is 0. The third-order valence-corrected chi connectivity index (χ3v) is 5.62. The Morgan fingerprint density at radius 2 is 1.79 bits per heavy atom. The summed E-state index contributed by atoms with van der Waals surface area (Å²) in [6.07, 6.45) is 1.51. The molecule has 3 rings (SSSR count). The van der Waals surface area contributed by atoms with Gasteiger partial charge in [-0.2, -0.15) is 0 Å². The number of hydrogen-bond acceptors (Lipinski definition) is 3. The molecular weight excluding hydrogens is 525 g/mol. The molecule has 2 aromatic carbocycles. The van der Waals surface area contributed by atoms with Crippen molar-refractivity contribution in [1.82, 2.24) is 20.4 Å². The molecule has 6 nitrogen and oxygen atoms in total. The van der Waals surface area contributed by atoms with E-state index in [9.17, 15) is 4.79 Å². The van der Waals surface area contributed by atoms with Crippen LogP contribution in [-0.2, 0) is 24.3 Å². The molecule has 0 spiro atoms. The number of nitrogens with one attached hydrogen (secondary N) is 2. The first-order chi connectivity index (χ1) is 15.5. The first-order valence-corrected chi connectivity index (χ1v) is 11.6. The van der Waals surface area contributed by atoms with Crippen molar-refractivity contribution in [3.63, 3.8) is 0 Å². The number of hydrogen-bond donors (Lipinski definition) is 2. The molecule has 33 heavy (non-hydrogen) atoms. The van der Waals surface area contributed by atoms with Crippen molar-refractivity contribution in [1.29, 1.82) is 0 Å². The number of halogens is 1. The minimum atomic E-state index is 0. The van der Waals surface area contributed by atoms with Crippen molar-refractivity contribution in [3.8, 4) is 0 Å². The van der Waals surface area contributed by atoms with Crippen LogP contribution in [0.4, 0.5) is 0 Å². The van der Waals surface area contributed by atoms with E-state index in [4.69, 9.17) is 4.99 Å². The fourth-order valence-corrected chi connectivity index (χ4v) is 4.06. The van der Waals surface area contributed by atoms with Gasteiger partial charge in [-0.1, -0.05) is 54.6 Å². The average molecular weight is 564 g/mol. The van der Waals surface area contributed by atoms with E-state index in [0.717, 1.165) is 45.1 Å². The molecule has 0 aromatic heterocycles. The second kappa shape index (κ2) is 14.2. The molecule has 0 radical (unpaired) electrons. The second-order valence-electron chi connectivity index (χ2n) is 8.78. The van der Waals surface area contributed by atoms with Gasteiger partial charge in [0.2, 0.25) is 5.91 Å². The van der Waals surface area contributed by atoms with Gasteiger partial charge in [0.15, 0.2) is 5.96 Å². The molecule has 1 amide bonds. The van der Waals surface area contributed by atoms with Crippen LogP contribution in [0.25, 0.3) is 0 Å². The van der Waals surface area contributed by atoms with Gasteiger partial charge in [-0.15, -0.1) is 24.0 Å². The number of likely N-dealkylation sites (tertiary alicyclic amines) is 1. The zero-order valence-electron chi connectivity index (χ0n) is 20.1. The van der Waals surface area contributed by atoms with Crippen LogP contribution in [-0.4, -0.2) is 61.9 Å². The Morgan fingerprint density at radius 3 is 2.52 bits per heavy atom. The summed E-state index contributed by atoms with van der Waals surface area (Å²) >= 11 is 0. The maximum Gasteiger partial charge on any atom is 0.223 e. The highest BCUT2D eigenvalue weighted by atomic mass is 127. The maximum atomic E-state index is 12.4. The number of amides is 1. The Bertz CT molecular complexity index is 887. The van der Waals surface area contributed by atoms with E-state index in [1.165, 1.54) is 16.7 Å². The van der Waals surface area contributed by atoms with Gasteiger partial charge < -0.3 is 20.4 Å². The van der Waals surface area contributed by atoms with Gasteiger partial charge in [-0.3, -0.25) is 4.79 Å². The Balaban J connectivity index is 0.00000385. The van der Waals surface area contributed by atoms with Crippen LogP contribution in [0, 0.1) is 5.92 Å². The normalized spacial score (nSPS) is 16.1. The maximum absolute atomic E-state index is 12.4. The molecule has 1 aliphatic rings. The Hall–Kier alpha value is -2.13. The molecule has 0 aliphatic carbocycles. The summed E-state index contributed by atoms with van der Waals surface area (Å²) in [5.41, 5.74) is 3.77. The molecule has 1 atom stereocenters. The van der Waals surface area contributed by atoms with Crippen LogP contribution in [0.2, 0.25) is 0 Å². The van der Waals surface area contributed by atoms with Crippen molar-refractivity contribution < 1.29 is 4.79 Å². The van der Waals surface area contributed by atoms with E-state index in [-0.39, 0.29) is 29.9 Å². The van der Waals surface area contributed by atoms with Gasteiger partial charge in [-0.05, 0) is 44.1 Å². The van der Waals surface area contributed by atoms with Crippen molar-refractivity contribution in [3.05, 3.63) is 71.3 Å². The first kappa shape index (κ1) is 27.1. The molecule has 1 heterocycles.